The third-order valence-corrected chi connectivity index (χ3v) is 6.53. The van der Waals surface area contributed by atoms with Gasteiger partial charge in [0.15, 0.2) is 0 Å². The van der Waals surface area contributed by atoms with E-state index >= 15 is 0 Å². The lowest BCUT2D eigenvalue weighted by Gasteiger charge is -2.22. The second-order valence-electron chi connectivity index (χ2n) is 7.82. The van der Waals surface area contributed by atoms with E-state index in [0.717, 1.165) is 22.6 Å². The highest BCUT2D eigenvalue weighted by atomic mass is 32.2. The van der Waals surface area contributed by atoms with Crippen molar-refractivity contribution in [2.75, 3.05) is 0 Å². The van der Waals surface area contributed by atoms with Gasteiger partial charge in [0.25, 0.3) is 5.69 Å². The van der Waals surface area contributed by atoms with Crippen molar-refractivity contribution in [3.63, 3.8) is 0 Å². The lowest BCUT2D eigenvalue weighted by Crippen LogP contribution is -2.15. The molecule has 3 aromatic rings. The van der Waals surface area contributed by atoms with E-state index in [0.29, 0.717) is 0 Å². The van der Waals surface area contributed by atoms with Crippen molar-refractivity contribution in [3.05, 3.63) is 87.5 Å². The van der Waals surface area contributed by atoms with Crippen LogP contribution in [-0.4, -0.2) is 4.92 Å². The van der Waals surface area contributed by atoms with Gasteiger partial charge in [0.2, 0.25) is 0 Å². The maximum absolute atomic E-state index is 10.8. The SMILES string of the molecule is CCCc1ccc2c(c1)C(C)(C)c1cc(Sc3ccc([N+](=O)[O-])cc3)ccc1-2. The molecule has 0 aromatic heterocycles. The quantitative estimate of drug-likeness (QED) is 0.348. The number of nitro groups is 1. The van der Waals surface area contributed by atoms with Crippen LogP contribution in [0.4, 0.5) is 5.69 Å². The summed E-state index contributed by atoms with van der Waals surface area (Å²) in [5, 5.41) is 10.8. The van der Waals surface area contributed by atoms with Gasteiger partial charge in [-0.15, -0.1) is 0 Å². The molecule has 0 fully saturated rings. The van der Waals surface area contributed by atoms with Crippen LogP contribution in [0.5, 0.6) is 0 Å². The Morgan fingerprint density at radius 3 is 2.14 bits per heavy atom. The van der Waals surface area contributed by atoms with Crippen LogP contribution in [-0.2, 0) is 11.8 Å². The minimum absolute atomic E-state index is 0.0273. The predicted molar refractivity (Wildman–Crippen MR) is 115 cm³/mol. The van der Waals surface area contributed by atoms with Gasteiger partial charge in [0.1, 0.15) is 0 Å². The summed E-state index contributed by atoms with van der Waals surface area (Å²) in [5.41, 5.74) is 6.91. The van der Waals surface area contributed by atoms with E-state index in [9.17, 15) is 10.1 Å². The zero-order valence-corrected chi connectivity index (χ0v) is 17.2. The smallest absolute Gasteiger partial charge is 0.258 e. The summed E-state index contributed by atoms with van der Waals surface area (Å²) in [6.45, 7) is 6.82. The molecule has 0 radical (unpaired) electrons. The summed E-state index contributed by atoms with van der Waals surface area (Å²) >= 11 is 1.64. The predicted octanol–water partition coefficient (Wildman–Crippen LogP) is 7.00. The van der Waals surface area contributed by atoms with Gasteiger partial charge in [-0.1, -0.05) is 63.2 Å². The highest BCUT2D eigenvalue weighted by Gasteiger charge is 2.35. The average molecular weight is 390 g/mol. The second kappa shape index (κ2) is 7.10. The normalized spacial score (nSPS) is 13.8. The third kappa shape index (κ3) is 3.22. The summed E-state index contributed by atoms with van der Waals surface area (Å²) < 4.78 is 0. The molecule has 1 aliphatic carbocycles. The molecule has 0 bridgehead atoms. The first-order chi connectivity index (χ1) is 13.4. The Morgan fingerprint density at radius 1 is 0.893 bits per heavy atom. The molecule has 1 aliphatic rings. The van der Waals surface area contributed by atoms with Crippen LogP contribution >= 0.6 is 11.8 Å². The third-order valence-electron chi connectivity index (χ3n) is 5.53. The van der Waals surface area contributed by atoms with Crippen molar-refractivity contribution in [2.24, 2.45) is 0 Å². The number of fused-ring (bicyclic) bond motifs is 3. The Morgan fingerprint density at radius 2 is 1.50 bits per heavy atom. The number of benzene rings is 3. The Hall–Kier alpha value is -2.59. The van der Waals surface area contributed by atoms with Crippen LogP contribution in [0.2, 0.25) is 0 Å². The van der Waals surface area contributed by atoms with E-state index in [-0.39, 0.29) is 16.0 Å². The van der Waals surface area contributed by atoms with E-state index < -0.39 is 0 Å². The summed E-state index contributed by atoms with van der Waals surface area (Å²) in [7, 11) is 0. The Bertz CT molecular complexity index is 1050. The van der Waals surface area contributed by atoms with Crippen LogP contribution in [0.3, 0.4) is 0 Å². The Kier molecular flexibility index (Phi) is 4.76. The highest BCUT2D eigenvalue weighted by Crippen LogP contribution is 2.50. The summed E-state index contributed by atoms with van der Waals surface area (Å²) in [5.74, 6) is 0. The molecule has 0 aliphatic heterocycles. The molecule has 0 unspecified atom stereocenters. The van der Waals surface area contributed by atoms with E-state index in [1.54, 1.807) is 23.9 Å². The van der Waals surface area contributed by atoms with Gasteiger partial charge in [0.05, 0.1) is 4.92 Å². The maximum Gasteiger partial charge on any atom is 0.269 e. The standard InChI is InChI=1S/C24H23NO2S/c1-4-5-16-6-12-20-21-13-11-19(15-23(21)24(2,3)22(20)14-16)28-18-9-7-17(8-10-18)25(26)27/h6-15H,4-5H2,1-3H3. The average Bonchev–Trinajstić information content (AvgIpc) is 2.90. The fourth-order valence-corrected chi connectivity index (χ4v) is 4.90. The van der Waals surface area contributed by atoms with Crippen LogP contribution < -0.4 is 0 Å². The molecule has 3 aromatic carbocycles. The van der Waals surface area contributed by atoms with Crippen LogP contribution in [0.1, 0.15) is 43.9 Å². The molecule has 28 heavy (non-hydrogen) atoms. The Labute approximate surface area is 170 Å². The van der Waals surface area contributed by atoms with Gasteiger partial charge in [0, 0.05) is 27.3 Å². The number of rotatable bonds is 5. The van der Waals surface area contributed by atoms with Gasteiger partial charge in [-0.2, -0.15) is 0 Å². The first kappa shape index (κ1) is 18.8. The molecule has 0 amide bonds. The van der Waals surface area contributed by atoms with Crippen LogP contribution in [0.25, 0.3) is 11.1 Å². The lowest BCUT2D eigenvalue weighted by atomic mass is 9.82. The van der Waals surface area contributed by atoms with Gasteiger partial charge in [-0.25, -0.2) is 0 Å². The number of hydrogen-bond donors (Lipinski definition) is 0. The van der Waals surface area contributed by atoms with Gasteiger partial charge in [-0.3, -0.25) is 10.1 Å². The number of non-ortho nitro benzene ring substituents is 1. The summed E-state index contributed by atoms with van der Waals surface area (Å²) in [4.78, 5) is 12.6. The monoisotopic (exact) mass is 389 g/mol. The van der Waals surface area contributed by atoms with Crippen molar-refractivity contribution >= 4 is 17.4 Å². The number of nitrogens with zero attached hydrogens (tertiary/aromatic N) is 1. The number of hydrogen-bond acceptors (Lipinski definition) is 3. The van der Waals surface area contributed by atoms with E-state index in [1.807, 2.05) is 12.1 Å². The van der Waals surface area contributed by atoms with Crippen molar-refractivity contribution in [3.8, 4) is 11.1 Å². The number of nitro benzene ring substituents is 1. The van der Waals surface area contributed by atoms with Crippen molar-refractivity contribution in [2.45, 2.75) is 48.8 Å². The zero-order valence-electron chi connectivity index (χ0n) is 16.4. The molecular weight excluding hydrogens is 366 g/mol. The van der Waals surface area contributed by atoms with Gasteiger partial charge >= 0.3 is 0 Å². The molecule has 0 spiro atoms. The summed E-state index contributed by atoms with van der Waals surface area (Å²) in [6.07, 6.45) is 2.27. The minimum atomic E-state index is -0.365. The molecule has 142 valence electrons. The molecule has 0 saturated carbocycles. The molecule has 0 atom stereocenters. The van der Waals surface area contributed by atoms with Crippen molar-refractivity contribution in [1.29, 1.82) is 0 Å². The summed E-state index contributed by atoms with van der Waals surface area (Å²) in [6, 6.07) is 20.3. The van der Waals surface area contributed by atoms with E-state index in [4.69, 9.17) is 0 Å². The largest absolute Gasteiger partial charge is 0.269 e. The topological polar surface area (TPSA) is 43.1 Å². The number of aryl methyl sites for hydroxylation is 1. The fourth-order valence-electron chi connectivity index (χ4n) is 4.04. The van der Waals surface area contributed by atoms with Gasteiger partial charge in [-0.05, 0) is 58.5 Å². The first-order valence-electron chi connectivity index (χ1n) is 9.61. The molecule has 4 rings (SSSR count). The van der Waals surface area contributed by atoms with Crippen LogP contribution in [0, 0.1) is 10.1 Å². The molecule has 4 heteroatoms. The van der Waals surface area contributed by atoms with Crippen molar-refractivity contribution in [1.82, 2.24) is 0 Å². The minimum Gasteiger partial charge on any atom is -0.258 e. The Balaban J connectivity index is 1.67. The molecule has 0 heterocycles. The molecular formula is C24H23NO2S. The maximum atomic E-state index is 10.8. The molecule has 3 nitrogen and oxygen atoms in total. The van der Waals surface area contributed by atoms with E-state index in [1.165, 1.54) is 27.8 Å². The highest BCUT2D eigenvalue weighted by molar-refractivity contribution is 7.99. The lowest BCUT2D eigenvalue weighted by molar-refractivity contribution is -0.384. The van der Waals surface area contributed by atoms with Gasteiger partial charge < -0.3 is 0 Å². The fraction of sp³-hybridized carbons (Fsp3) is 0.250. The van der Waals surface area contributed by atoms with E-state index in [2.05, 4.69) is 57.2 Å². The molecule has 0 N–H and O–H groups in total. The van der Waals surface area contributed by atoms with Crippen LogP contribution in [0.15, 0.2) is 70.5 Å². The van der Waals surface area contributed by atoms with Crippen molar-refractivity contribution < 1.29 is 4.92 Å². The second-order valence-corrected chi connectivity index (χ2v) is 8.96. The molecule has 0 saturated heterocycles. The zero-order chi connectivity index (χ0) is 19.9. The first-order valence-corrected chi connectivity index (χ1v) is 10.4.